The van der Waals surface area contributed by atoms with E-state index in [4.69, 9.17) is 0 Å². The molecule has 0 aliphatic carbocycles. The van der Waals surface area contributed by atoms with Gasteiger partial charge in [-0.2, -0.15) is 0 Å². The van der Waals surface area contributed by atoms with Gasteiger partial charge in [0.05, 0.1) is 12.3 Å². The maximum Gasteiger partial charge on any atom is 0.216 e. The first-order valence-electron chi connectivity index (χ1n) is 8.12. The number of nitrogens with one attached hydrogen (secondary N) is 1. The Hall–Kier alpha value is -1.99. The summed E-state index contributed by atoms with van der Waals surface area (Å²) in [7, 11) is -3.42. The van der Waals surface area contributed by atoms with E-state index < -0.39 is 10.0 Å². The van der Waals surface area contributed by atoms with Gasteiger partial charge in [-0.15, -0.1) is 0 Å². The zero-order valence-electron chi connectivity index (χ0n) is 13.8. The van der Waals surface area contributed by atoms with Crippen molar-refractivity contribution in [1.29, 1.82) is 0 Å². The van der Waals surface area contributed by atoms with Gasteiger partial charge in [-0.25, -0.2) is 23.1 Å². The van der Waals surface area contributed by atoms with Crippen LogP contribution < -0.4 is 9.62 Å². The van der Waals surface area contributed by atoms with Gasteiger partial charge in [-0.05, 0) is 31.4 Å². The summed E-state index contributed by atoms with van der Waals surface area (Å²) in [4.78, 5) is 10.8. The molecule has 1 aliphatic rings. The normalized spacial score (nSPS) is 15.0. The summed E-state index contributed by atoms with van der Waals surface area (Å²) in [5.74, 6) is 1.32. The summed E-state index contributed by atoms with van der Waals surface area (Å²) in [6.07, 6.45) is 4.02. The molecule has 1 N–H and O–H groups in total. The number of sulfonamides is 1. The molecule has 0 atom stereocenters. The maximum absolute atomic E-state index is 12.2. The van der Waals surface area contributed by atoms with Crippen LogP contribution in [0.4, 0.5) is 5.82 Å². The number of aryl methyl sites for hydroxylation is 1. The summed E-state index contributed by atoms with van der Waals surface area (Å²) in [6.45, 7) is 4.07. The van der Waals surface area contributed by atoms with Gasteiger partial charge >= 0.3 is 0 Å². The van der Waals surface area contributed by atoms with E-state index in [-0.39, 0.29) is 12.3 Å². The molecule has 2 heterocycles. The first kappa shape index (κ1) is 16.9. The van der Waals surface area contributed by atoms with Gasteiger partial charge in [-0.3, -0.25) is 0 Å². The molecule has 6 nitrogen and oxygen atoms in total. The number of benzene rings is 1. The first-order valence-corrected chi connectivity index (χ1v) is 9.77. The van der Waals surface area contributed by atoms with Crippen molar-refractivity contribution in [3.63, 3.8) is 0 Å². The molecule has 1 aliphatic heterocycles. The van der Waals surface area contributed by atoms with Crippen molar-refractivity contribution in [3.05, 3.63) is 53.5 Å². The summed E-state index contributed by atoms with van der Waals surface area (Å²) < 4.78 is 27.0. The second-order valence-corrected chi connectivity index (χ2v) is 7.90. The number of aromatic nitrogens is 2. The number of nitrogens with zero attached hydrogens (tertiary/aromatic N) is 3. The predicted octanol–water partition coefficient (Wildman–Crippen LogP) is 2.00. The molecule has 0 amide bonds. The van der Waals surface area contributed by atoms with E-state index in [1.165, 1.54) is 12.8 Å². The topological polar surface area (TPSA) is 75.2 Å². The molecule has 0 bridgehead atoms. The van der Waals surface area contributed by atoms with Crippen LogP contribution in [0, 0.1) is 6.92 Å². The number of hydrogen-bond donors (Lipinski definition) is 1. The molecule has 1 aromatic carbocycles. The number of anilines is 1. The monoisotopic (exact) mass is 346 g/mol. The highest BCUT2D eigenvalue weighted by Crippen LogP contribution is 2.17. The van der Waals surface area contributed by atoms with Crippen LogP contribution in [0.15, 0.2) is 36.5 Å². The van der Waals surface area contributed by atoms with E-state index in [9.17, 15) is 8.42 Å². The maximum atomic E-state index is 12.2. The molecule has 0 unspecified atom stereocenters. The van der Waals surface area contributed by atoms with Crippen molar-refractivity contribution < 1.29 is 8.42 Å². The highest BCUT2D eigenvalue weighted by Gasteiger charge is 2.15. The Morgan fingerprint density at radius 3 is 2.54 bits per heavy atom. The summed E-state index contributed by atoms with van der Waals surface area (Å²) in [6, 6.07) is 9.36. The van der Waals surface area contributed by atoms with E-state index in [0.717, 1.165) is 30.0 Å². The van der Waals surface area contributed by atoms with E-state index in [1.807, 2.05) is 37.3 Å². The van der Waals surface area contributed by atoms with E-state index >= 15 is 0 Å². The van der Waals surface area contributed by atoms with Crippen LogP contribution in [0.25, 0.3) is 0 Å². The fourth-order valence-electron chi connectivity index (χ4n) is 2.73. The van der Waals surface area contributed by atoms with Gasteiger partial charge in [0.1, 0.15) is 11.6 Å². The van der Waals surface area contributed by atoms with Crippen LogP contribution in [0.5, 0.6) is 0 Å². The van der Waals surface area contributed by atoms with Crippen molar-refractivity contribution >= 4 is 15.8 Å². The minimum atomic E-state index is -3.42. The summed E-state index contributed by atoms with van der Waals surface area (Å²) >= 11 is 0. The van der Waals surface area contributed by atoms with Gasteiger partial charge in [0, 0.05) is 19.3 Å². The lowest BCUT2D eigenvalue weighted by Gasteiger charge is -2.16. The molecule has 1 aromatic heterocycles. The third kappa shape index (κ3) is 4.52. The molecule has 7 heteroatoms. The SMILES string of the molecule is Cc1ccc(CS(=O)(=O)NCc2nccc(N3CCCC3)n2)cc1. The van der Waals surface area contributed by atoms with Crippen molar-refractivity contribution in [2.45, 2.75) is 32.1 Å². The fourth-order valence-corrected chi connectivity index (χ4v) is 3.81. The molecule has 3 rings (SSSR count). The Labute approximate surface area is 143 Å². The first-order chi connectivity index (χ1) is 11.5. The van der Waals surface area contributed by atoms with E-state index in [2.05, 4.69) is 19.6 Å². The van der Waals surface area contributed by atoms with Gasteiger partial charge in [0.25, 0.3) is 0 Å². The highest BCUT2D eigenvalue weighted by molar-refractivity contribution is 7.88. The van der Waals surface area contributed by atoms with Gasteiger partial charge in [0.15, 0.2) is 0 Å². The average Bonchev–Trinajstić information content (AvgIpc) is 3.10. The molecule has 0 spiro atoms. The smallest absolute Gasteiger partial charge is 0.216 e. The van der Waals surface area contributed by atoms with Gasteiger partial charge in [-0.1, -0.05) is 29.8 Å². The quantitative estimate of drug-likeness (QED) is 0.866. The fraction of sp³-hybridized carbons (Fsp3) is 0.412. The molecule has 2 aromatic rings. The Morgan fingerprint density at radius 1 is 1.12 bits per heavy atom. The Balaban J connectivity index is 1.61. The molecule has 0 radical (unpaired) electrons. The standard InChI is InChI=1S/C17H22N4O2S/c1-14-4-6-15(7-5-14)13-24(22,23)19-12-16-18-9-8-17(20-16)21-10-2-3-11-21/h4-9,19H,2-3,10-13H2,1H3. The summed E-state index contributed by atoms with van der Waals surface area (Å²) in [5, 5.41) is 0. The van der Waals surface area contributed by atoms with Gasteiger partial charge in [0.2, 0.25) is 10.0 Å². The zero-order valence-corrected chi connectivity index (χ0v) is 14.6. The van der Waals surface area contributed by atoms with Crippen molar-refractivity contribution in [2.24, 2.45) is 0 Å². The van der Waals surface area contributed by atoms with Crippen molar-refractivity contribution in [2.75, 3.05) is 18.0 Å². The molecular formula is C17H22N4O2S. The van der Waals surface area contributed by atoms with E-state index in [0.29, 0.717) is 5.82 Å². The minimum Gasteiger partial charge on any atom is -0.357 e. The average molecular weight is 346 g/mol. The van der Waals surface area contributed by atoms with E-state index in [1.54, 1.807) is 6.20 Å². The molecule has 128 valence electrons. The van der Waals surface area contributed by atoms with Crippen LogP contribution in [0.2, 0.25) is 0 Å². The van der Waals surface area contributed by atoms with Crippen LogP contribution in [-0.4, -0.2) is 31.5 Å². The molecule has 1 saturated heterocycles. The van der Waals surface area contributed by atoms with Gasteiger partial charge < -0.3 is 4.90 Å². The highest BCUT2D eigenvalue weighted by atomic mass is 32.2. The zero-order chi connectivity index (χ0) is 17.0. The van der Waals surface area contributed by atoms with Crippen LogP contribution in [-0.2, 0) is 22.3 Å². The number of hydrogen-bond acceptors (Lipinski definition) is 5. The van der Waals surface area contributed by atoms with Crippen LogP contribution >= 0.6 is 0 Å². The Bertz CT molecular complexity index is 784. The second-order valence-electron chi connectivity index (χ2n) is 6.09. The second kappa shape index (κ2) is 7.27. The van der Waals surface area contributed by atoms with Crippen LogP contribution in [0.3, 0.4) is 0 Å². The predicted molar refractivity (Wildman–Crippen MR) is 94.1 cm³/mol. The third-order valence-electron chi connectivity index (χ3n) is 4.05. The largest absolute Gasteiger partial charge is 0.357 e. The van der Waals surface area contributed by atoms with Crippen molar-refractivity contribution in [3.8, 4) is 0 Å². The molecule has 1 fully saturated rings. The lowest BCUT2D eigenvalue weighted by Crippen LogP contribution is -2.26. The number of rotatable bonds is 6. The Kier molecular flexibility index (Phi) is 5.11. The summed E-state index contributed by atoms with van der Waals surface area (Å²) in [5.41, 5.74) is 1.87. The third-order valence-corrected chi connectivity index (χ3v) is 5.35. The van der Waals surface area contributed by atoms with Crippen LogP contribution in [0.1, 0.15) is 29.8 Å². The minimum absolute atomic E-state index is 0.0426. The van der Waals surface area contributed by atoms with Crippen molar-refractivity contribution in [1.82, 2.24) is 14.7 Å². The lowest BCUT2D eigenvalue weighted by molar-refractivity contribution is 0.578. The molecular weight excluding hydrogens is 324 g/mol. The molecule has 0 saturated carbocycles. The lowest BCUT2D eigenvalue weighted by atomic mass is 10.2. The molecule has 24 heavy (non-hydrogen) atoms. The Morgan fingerprint density at radius 2 is 1.83 bits per heavy atom.